The molecule has 0 amide bonds. The van der Waals surface area contributed by atoms with Crippen LogP contribution in [-0.4, -0.2) is 10.7 Å². The van der Waals surface area contributed by atoms with Gasteiger partial charge in [0.1, 0.15) is 10.6 Å². The van der Waals surface area contributed by atoms with Gasteiger partial charge in [-0.15, -0.1) is 0 Å². The van der Waals surface area contributed by atoms with E-state index in [0.29, 0.717) is 10.6 Å². The Balaban J connectivity index is 2.53. The molecule has 2 aromatic rings. The van der Waals surface area contributed by atoms with Crippen molar-refractivity contribution in [2.24, 2.45) is 0 Å². The molecule has 0 aliphatic carbocycles. The van der Waals surface area contributed by atoms with E-state index >= 15 is 0 Å². The van der Waals surface area contributed by atoms with E-state index in [-0.39, 0.29) is 16.3 Å². The van der Waals surface area contributed by atoms with E-state index in [0.717, 1.165) is 0 Å². The lowest BCUT2D eigenvalue weighted by Crippen LogP contribution is -2.05. The van der Waals surface area contributed by atoms with Gasteiger partial charge in [-0.3, -0.25) is 14.9 Å². The number of para-hydroxylation sites is 1. The Labute approximate surface area is 118 Å². The van der Waals surface area contributed by atoms with Crippen LogP contribution < -0.4 is 0 Å². The number of carbonyl (C=O) groups is 1. The van der Waals surface area contributed by atoms with Gasteiger partial charge >= 0.3 is 0 Å². The SMILES string of the molecule is O=C(c1ccc(Cl)cc1)c1cccc(Cl)c1[N+](=O)[O-]. The summed E-state index contributed by atoms with van der Waals surface area (Å²) in [6.07, 6.45) is 0. The zero-order valence-electron chi connectivity index (χ0n) is 9.47. The number of rotatable bonds is 3. The van der Waals surface area contributed by atoms with Crippen LogP contribution in [0.5, 0.6) is 0 Å². The highest BCUT2D eigenvalue weighted by Gasteiger charge is 2.24. The fourth-order valence-electron chi connectivity index (χ4n) is 1.64. The summed E-state index contributed by atoms with van der Waals surface area (Å²) in [5, 5.41) is 11.4. The number of hydrogen-bond acceptors (Lipinski definition) is 3. The van der Waals surface area contributed by atoms with Gasteiger partial charge in [-0.05, 0) is 36.4 Å². The van der Waals surface area contributed by atoms with Crippen molar-refractivity contribution in [3.8, 4) is 0 Å². The fourth-order valence-corrected chi connectivity index (χ4v) is 2.01. The Morgan fingerprint density at radius 2 is 1.68 bits per heavy atom. The maximum absolute atomic E-state index is 12.2. The van der Waals surface area contributed by atoms with Crippen LogP contribution in [0.15, 0.2) is 42.5 Å². The molecule has 0 spiro atoms. The number of ketones is 1. The summed E-state index contributed by atoms with van der Waals surface area (Å²) in [6.45, 7) is 0. The Kier molecular flexibility index (Phi) is 3.83. The number of carbonyl (C=O) groups excluding carboxylic acids is 1. The average molecular weight is 296 g/mol. The first kappa shape index (κ1) is 13.5. The third-order valence-corrected chi connectivity index (χ3v) is 3.08. The zero-order valence-corrected chi connectivity index (χ0v) is 11.0. The second-order valence-electron chi connectivity index (χ2n) is 3.73. The molecule has 2 rings (SSSR count). The lowest BCUT2D eigenvalue weighted by atomic mass is 10.0. The summed E-state index contributed by atoms with van der Waals surface area (Å²) >= 11 is 11.5. The van der Waals surface area contributed by atoms with Crippen molar-refractivity contribution < 1.29 is 9.72 Å². The van der Waals surface area contributed by atoms with Gasteiger partial charge in [0.15, 0.2) is 5.78 Å². The summed E-state index contributed by atoms with van der Waals surface area (Å²) in [6, 6.07) is 10.4. The molecule has 0 N–H and O–H groups in total. The predicted molar refractivity (Wildman–Crippen MR) is 73.0 cm³/mol. The first-order valence-electron chi connectivity index (χ1n) is 5.24. The minimum atomic E-state index is -0.661. The Morgan fingerprint density at radius 1 is 1.05 bits per heavy atom. The van der Waals surface area contributed by atoms with Gasteiger partial charge in [0.2, 0.25) is 0 Å². The molecule has 0 heterocycles. The maximum Gasteiger partial charge on any atom is 0.298 e. The van der Waals surface area contributed by atoms with Crippen LogP contribution in [0.1, 0.15) is 15.9 Å². The van der Waals surface area contributed by atoms with E-state index < -0.39 is 10.7 Å². The largest absolute Gasteiger partial charge is 0.298 e. The highest BCUT2D eigenvalue weighted by Crippen LogP contribution is 2.30. The Hall–Kier alpha value is -1.91. The molecule has 0 saturated heterocycles. The fraction of sp³-hybridized carbons (Fsp3) is 0. The number of hydrogen-bond donors (Lipinski definition) is 0. The van der Waals surface area contributed by atoms with Crippen LogP contribution in [0.2, 0.25) is 10.0 Å². The third kappa shape index (κ3) is 2.75. The average Bonchev–Trinajstić information content (AvgIpc) is 2.38. The molecule has 0 atom stereocenters. The number of halogens is 2. The first-order valence-corrected chi connectivity index (χ1v) is 5.99. The number of benzene rings is 2. The molecular weight excluding hydrogens is 289 g/mol. The zero-order chi connectivity index (χ0) is 14.0. The van der Waals surface area contributed by atoms with Gasteiger partial charge in [-0.2, -0.15) is 0 Å². The van der Waals surface area contributed by atoms with Gasteiger partial charge in [0.25, 0.3) is 5.69 Å². The number of nitro benzene ring substituents is 1. The van der Waals surface area contributed by atoms with Gasteiger partial charge < -0.3 is 0 Å². The molecule has 19 heavy (non-hydrogen) atoms. The Bertz CT molecular complexity index is 653. The molecule has 0 aromatic heterocycles. The van der Waals surface area contributed by atoms with Crippen LogP contribution in [0.4, 0.5) is 5.69 Å². The summed E-state index contributed by atoms with van der Waals surface area (Å²) in [4.78, 5) is 22.5. The van der Waals surface area contributed by atoms with Crippen LogP contribution >= 0.6 is 23.2 Å². The molecule has 0 saturated carbocycles. The van der Waals surface area contributed by atoms with Crippen molar-refractivity contribution in [2.75, 3.05) is 0 Å². The molecule has 0 aliphatic heterocycles. The molecule has 2 aromatic carbocycles. The Morgan fingerprint density at radius 3 is 2.26 bits per heavy atom. The van der Waals surface area contributed by atoms with Crippen molar-refractivity contribution >= 4 is 34.7 Å². The van der Waals surface area contributed by atoms with Gasteiger partial charge in [0, 0.05) is 10.6 Å². The second kappa shape index (κ2) is 5.38. The van der Waals surface area contributed by atoms with Gasteiger partial charge in [-0.25, -0.2) is 0 Å². The maximum atomic E-state index is 12.2. The predicted octanol–water partition coefficient (Wildman–Crippen LogP) is 4.13. The van der Waals surface area contributed by atoms with Crippen LogP contribution in [0, 0.1) is 10.1 Å². The summed E-state index contributed by atoms with van der Waals surface area (Å²) in [5.41, 5.74) is -0.112. The summed E-state index contributed by atoms with van der Waals surface area (Å²) in [5.74, 6) is -0.467. The molecule has 0 bridgehead atoms. The van der Waals surface area contributed by atoms with Crippen molar-refractivity contribution in [1.82, 2.24) is 0 Å². The summed E-state index contributed by atoms with van der Waals surface area (Å²) < 4.78 is 0. The van der Waals surface area contributed by atoms with E-state index in [9.17, 15) is 14.9 Å². The first-order chi connectivity index (χ1) is 9.00. The van der Waals surface area contributed by atoms with Crippen molar-refractivity contribution in [1.29, 1.82) is 0 Å². The minimum absolute atomic E-state index is 0.0418. The van der Waals surface area contributed by atoms with Crippen molar-refractivity contribution in [3.05, 3.63) is 73.8 Å². The quantitative estimate of drug-likeness (QED) is 0.486. The lowest BCUT2D eigenvalue weighted by molar-refractivity contribution is -0.385. The molecule has 0 radical (unpaired) electrons. The smallest absolute Gasteiger partial charge is 0.288 e. The van der Waals surface area contributed by atoms with E-state index in [2.05, 4.69) is 0 Å². The van der Waals surface area contributed by atoms with E-state index in [4.69, 9.17) is 23.2 Å². The highest BCUT2D eigenvalue weighted by molar-refractivity contribution is 6.34. The van der Waals surface area contributed by atoms with Crippen molar-refractivity contribution in [2.45, 2.75) is 0 Å². The van der Waals surface area contributed by atoms with Crippen LogP contribution in [0.3, 0.4) is 0 Å². The molecule has 4 nitrogen and oxygen atoms in total. The van der Waals surface area contributed by atoms with Crippen LogP contribution in [0.25, 0.3) is 0 Å². The molecule has 6 heteroatoms. The topological polar surface area (TPSA) is 60.2 Å². The van der Waals surface area contributed by atoms with Crippen LogP contribution in [-0.2, 0) is 0 Å². The normalized spacial score (nSPS) is 10.2. The minimum Gasteiger partial charge on any atom is -0.288 e. The van der Waals surface area contributed by atoms with Crippen molar-refractivity contribution in [3.63, 3.8) is 0 Å². The molecule has 0 unspecified atom stereocenters. The molecule has 0 aliphatic rings. The van der Waals surface area contributed by atoms with E-state index in [1.165, 1.54) is 30.3 Å². The molecular formula is C13H7Cl2NO3. The number of nitrogens with zero attached hydrogens (tertiary/aromatic N) is 1. The highest BCUT2D eigenvalue weighted by atomic mass is 35.5. The van der Waals surface area contributed by atoms with Gasteiger partial charge in [-0.1, -0.05) is 29.3 Å². The third-order valence-electron chi connectivity index (χ3n) is 2.52. The standard InChI is InChI=1S/C13H7Cl2NO3/c14-9-6-4-8(5-7-9)13(17)10-2-1-3-11(15)12(10)16(18)19/h1-7H. The van der Waals surface area contributed by atoms with E-state index in [1.54, 1.807) is 12.1 Å². The number of nitro groups is 1. The molecule has 0 fully saturated rings. The summed E-state index contributed by atoms with van der Waals surface area (Å²) in [7, 11) is 0. The van der Waals surface area contributed by atoms with E-state index in [1.807, 2.05) is 0 Å². The second-order valence-corrected chi connectivity index (χ2v) is 4.57. The lowest BCUT2D eigenvalue weighted by Gasteiger charge is -2.04. The molecule has 96 valence electrons. The monoisotopic (exact) mass is 295 g/mol. The van der Waals surface area contributed by atoms with Gasteiger partial charge in [0.05, 0.1) is 4.92 Å².